The van der Waals surface area contributed by atoms with E-state index in [1.807, 2.05) is 12.1 Å². The molecule has 1 aromatic carbocycles. The van der Waals surface area contributed by atoms with E-state index in [0.717, 1.165) is 5.56 Å². The topological polar surface area (TPSA) is 47.9 Å². The zero-order valence-corrected chi connectivity index (χ0v) is 9.47. The van der Waals surface area contributed by atoms with Crippen LogP contribution in [0.2, 0.25) is 0 Å². The van der Waals surface area contributed by atoms with Gasteiger partial charge in [-0.2, -0.15) is 0 Å². The lowest BCUT2D eigenvalue weighted by molar-refractivity contribution is -0.168. The van der Waals surface area contributed by atoms with Crippen molar-refractivity contribution in [3.8, 4) is 11.5 Å². The monoisotopic (exact) mass is 224 g/mol. The van der Waals surface area contributed by atoms with Gasteiger partial charge in [-0.3, -0.25) is 0 Å². The van der Waals surface area contributed by atoms with E-state index in [-0.39, 0.29) is 11.9 Å². The van der Waals surface area contributed by atoms with Gasteiger partial charge in [0.05, 0.1) is 19.8 Å². The summed E-state index contributed by atoms with van der Waals surface area (Å²) < 4.78 is 15.8. The maximum Gasteiger partial charge on any atom is 0.160 e. The Hall–Kier alpha value is -1.26. The summed E-state index contributed by atoms with van der Waals surface area (Å²) in [6, 6.07) is 5.28. The number of hydrogen-bond acceptors (Lipinski definition) is 4. The second-order valence-corrected chi connectivity index (χ2v) is 3.98. The van der Waals surface area contributed by atoms with E-state index in [1.54, 1.807) is 6.07 Å². The van der Waals surface area contributed by atoms with Crippen LogP contribution in [-0.4, -0.2) is 25.6 Å². The Morgan fingerprint density at radius 1 is 1.44 bits per heavy atom. The van der Waals surface area contributed by atoms with Crippen LogP contribution in [0.5, 0.6) is 11.5 Å². The predicted octanol–water partition coefficient (Wildman–Crippen LogP) is 2.08. The van der Waals surface area contributed by atoms with Crippen molar-refractivity contribution < 1.29 is 19.3 Å². The molecular formula is C12H16O4. The highest BCUT2D eigenvalue weighted by molar-refractivity contribution is 5.42. The first-order valence-electron chi connectivity index (χ1n) is 5.28. The first-order valence-corrected chi connectivity index (χ1v) is 5.28. The number of phenols is 1. The van der Waals surface area contributed by atoms with Gasteiger partial charge in [-0.1, -0.05) is 13.0 Å². The fourth-order valence-corrected chi connectivity index (χ4v) is 1.90. The first-order chi connectivity index (χ1) is 7.72. The smallest absolute Gasteiger partial charge is 0.160 e. The summed E-state index contributed by atoms with van der Waals surface area (Å²) in [6.07, 6.45) is 0.00301. The third kappa shape index (κ3) is 2.13. The van der Waals surface area contributed by atoms with Gasteiger partial charge in [0.15, 0.2) is 11.5 Å². The van der Waals surface area contributed by atoms with Crippen molar-refractivity contribution in [3.63, 3.8) is 0 Å². The lowest BCUT2D eigenvalue weighted by Gasteiger charge is -2.29. The molecule has 1 aliphatic rings. The molecule has 1 heterocycles. The molecule has 0 amide bonds. The van der Waals surface area contributed by atoms with Crippen molar-refractivity contribution in [1.29, 1.82) is 0 Å². The molecule has 0 aromatic heterocycles. The Bertz CT molecular complexity index is 364. The van der Waals surface area contributed by atoms with Crippen LogP contribution in [0, 0.1) is 5.92 Å². The minimum atomic E-state index is 0.00301. The molecule has 2 rings (SSSR count). The van der Waals surface area contributed by atoms with Crippen LogP contribution in [0.25, 0.3) is 0 Å². The Labute approximate surface area is 94.8 Å². The molecule has 1 N–H and O–H groups in total. The normalized spacial score (nSPS) is 25.4. The maximum absolute atomic E-state index is 9.51. The minimum Gasteiger partial charge on any atom is -0.504 e. The second-order valence-electron chi connectivity index (χ2n) is 3.98. The number of benzene rings is 1. The Morgan fingerprint density at radius 3 is 2.94 bits per heavy atom. The van der Waals surface area contributed by atoms with Crippen LogP contribution < -0.4 is 4.74 Å². The molecule has 1 aromatic rings. The number of aromatic hydroxyl groups is 1. The van der Waals surface area contributed by atoms with E-state index < -0.39 is 0 Å². The largest absolute Gasteiger partial charge is 0.504 e. The summed E-state index contributed by atoms with van der Waals surface area (Å²) in [5.41, 5.74) is 1.01. The molecule has 0 saturated carbocycles. The molecule has 88 valence electrons. The summed E-state index contributed by atoms with van der Waals surface area (Å²) in [4.78, 5) is 0. The molecule has 0 bridgehead atoms. The number of hydrogen-bond donors (Lipinski definition) is 1. The molecule has 1 saturated heterocycles. The third-order valence-corrected chi connectivity index (χ3v) is 2.76. The number of rotatable bonds is 2. The highest BCUT2D eigenvalue weighted by atomic mass is 16.7. The highest BCUT2D eigenvalue weighted by Gasteiger charge is 2.25. The predicted molar refractivity (Wildman–Crippen MR) is 58.5 cm³/mol. The molecule has 16 heavy (non-hydrogen) atoms. The Kier molecular flexibility index (Phi) is 3.31. The summed E-state index contributed by atoms with van der Waals surface area (Å²) in [7, 11) is 1.53. The third-order valence-electron chi connectivity index (χ3n) is 2.76. The fraction of sp³-hybridized carbons (Fsp3) is 0.500. The number of ether oxygens (including phenoxy) is 3. The maximum atomic E-state index is 9.51. The summed E-state index contributed by atoms with van der Waals surface area (Å²) in [6.45, 7) is 3.08. The van der Waals surface area contributed by atoms with Crippen LogP contribution in [0.3, 0.4) is 0 Å². The van der Waals surface area contributed by atoms with Gasteiger partial charge in [-0.05, 0) is 17.7 Å². The second kappa shape index (κ2) is 4.72. The van der Waals surface area contributed by atoms with Gasteiger partial charge in [0.25, 0.3) is 0 Å². The molecule has 0 aliphatic carbocycles. The van der Waals surface area contributed by atoms with Gasteiger partial charge in [-0.25, -0.2) is 0 Å². The molecule has 0 radical (unpaired) electrons. The van der Waals surface area contributed by atoms with Crippen LogP contribution in [-0.2, 0) is 9.47 Å². The van der Waals surface area contributed by atoms with Crippen LogP contribution in [0.1, 0.15) is 18.6 Å². The molecule has 1 aliphatic heterocycles. The van der Waals surface area contributed by atoms with E-state index in [9.17, 15) is 5.11 Å². The SMILES string of the molecule is COc1cc([C@@H]2OCOC[C@@H]2C)ccc1O. The summed E-state index contributed by atoms with van der Waals surface area (Å²) in [5, 5.41) is 9.51. The molecule has 1 fully saturated rings. The summed E-state index contributed by atoms with van der Waals surface area (Å²) in [5.74, 6) is 0.911. The molecule has 4 nitrogen and oxygen atoms in total. The van der Waals surface area contributed by atoms with E-state index in [1.165, 1.54) is 7.11 Å². The van der Waals surface area contributed by atoms with Crippen LogP contribution in [0.15, 0.2) is 18.2 Å². The van der Waals surface area contributed by atoms with Crippen molar-refractivity contribution in [2.24, 2.45) is 5.92 Å². The van der Waals surface area contributed by atoms with Gasteiger partial charge in [0, 0.05) is 5.92 Å². The lowest BCUT2D eigenvalue weighted by Crippen LogP contribution is -2.25. The Balaban J connectivity index is 2.25. The Morgan fingerprint density at radius 2 is 2.25 bits per heavy atom. The molecule has 4 heteroatoms. The van der Waals surface area contributed by atoms with E-state index in [2.05, 4.69) is 6.92 Å². The average molecular weight is 224 g/mol. The number of phenolic OH excluding ortho intramolecular Hbond substituents is 1. The van der Waals surface area contributed by atoms with E-state index >= 15 is 0 Å². The standard InChI is InChI=1S/C12H16O4/c1-8-6-15-7-16-12(8)9-3-4-10(13)11(5-9)14-2/h3-5,8,12-13H,6-7H2,1-2H3/t8-,12+/m0/s1. The zero-order valence-electron chi connectivity index (χ0n) is 9.47. The summed E-state index contributed by atoms with van der Waals surface area (Å²) >= 11 is 0. The number of methoxy groups -OCH3 is 1. The van der Waals surface area contributed by atoms with Crippen LogP contribution in [0.4, 0.5) is 0 Å². The van der Waals surface area contributed by atoms with Gasteiger partial charge in [0.2, 0.25) is 0 Å². The van der Waals surface area contributed by atoms with Gasteiger partial charge >= 0.3 is 0 Å². The highest BCUT2D eigenvalue weighted by Crippen LogP contribution is 2.34. The van der Waals surface area contributed by atoms with E-state index in [0.29, 0.717) is 25.1 Å². The van der Waals surface area contributed by atoms with E-state index in [4.69, 9.17) is 14.2 Å². The first kappa shape index (κ1) is 11.2. The van der Waals surface area contributed by atoms with Crippen molar-refractivity contribution in [3.05, 3.63) is 23.8 Å². The van der Waals surface area contributed by atoms with Gasteiger partial charge in [-0.15, -0.1) is 0 Å². The molecule has 0 unspecified atom stereocenters. The van der Waals surface area contributed by atoms with Crippen molar-refractivity contribution >= 4 is 0 Å². The van der Waals surface area contributed by atoms with Gasteiger partial charge in [0.1, 0.15) is 6.79 Å². The minimum absolute atomic E-state index is 0.00301. The van der Waals surface area contributed by atoms with Crippen LogP contribution >= 0.6 is 0 Å². The molecule has 0 spiro atoms. The quantitative estimate of drug-likeness (QED) is 0.835. The average Bonchev–Trinajstić information content (AvgIpc) is 2.31. The van der Waals surface area contributed by atoms with Crippen molar-refractivity contribution in [2.75, 3.05) is 20.5 Å². The lowest BCUT2D eigenvalue weighted by atomic mass is 9.97. The molecule has 2 atom stereocenters. The fourth-order valence-electron chi connectivity index (χ4n) is 1.90. The molecular weight excluding hydrogens is 208 g/mol. The zero-order chi connectivity index (χ0) is 11.5. The van der Waals surface area contributed by atoms with Crippen molar-refractivity contribution in [1.82, 2.24) is 0 Å². The van der Waals surface area contributed by atoms with Crippen molar-refractivity contribution in [2.45, 2.75) is 13.0 Å². The van der Waals surface area contributed by atoms with Gasteiger partial charge < -0.3 is 19.3 Å².